The molecule has 1 aliphatic rings. The normalized spacial score (nSPS) is 18.1. The third kappa shape index (κ3) is 2.29. The zero-order chi connectivity index (χ0) is 12.4. The zero-order valence-electron chi connectivity index (χ0n) is 10.6. The Morgan fingerprint density at radius 1 is 1.22 bits per heavy atom. The van der Waals surface area contributed by atoms with Crippen molar-refractivity contribution in [3.05, 3.63) is 36.3 Å². The van der Waals surface area contributed by atoms with Crippen molar-refractivity contribution in [2.75, 3.05) is 20.1 Å². The minimum Gasteiger partial charge on any atom is -0.306 e. The first kappa shape index (κ1) is 11.4. The highest BCUT2D eigenvalue weighted by Crippen LogP contribution is 2.28. The van der Waals surface area contributed by atoms with Gasteiger partial charge in [-0.3, -0.25) is 10.1 Å². The molecule has 1 aliphatic heterocycles. The molecular formula is C14H18N4. The van der Waals surface area contributed by atoms with Crippen LogP contribution in [0.1, 0.15) is 24.5 Å². The first-order valence-electron chi connectivity index (χ1n) is 6.47. The second kappa shape index (κ2) is 4.90. The molecule has 0 aliphatic carbocycles. The molecule has 94 valence electrons. The lowest BCUT2D eigenvalue weighted by Crippen LogP contribution is -2.29. The average Bonchev–Trinajstić information content (AvgIpc) is 2.90. The fourth-order valence-corrected chi connectivity index (χ4v) is 2.54. The van der Waals surface area contributed by atoms with Crippen molar-refractivity contribution >= 4 is 0 Å². The van der Waals surface area contributed by atoms with Gasteiger partial charge in [-0.2, -0.15) is 5.10 Å². The molecule has 4 heteroatoms. The Morgan fingerprint density at radius 2 is 1.94 bits per heavy atom. The molecule has 0 amide bonds. The summed E-state index contributed by atoms with van der Waals surface area (Å²) in [6.07, 6.45) is 6.04. The maximum Gasteiger partial charge on any atom is 0.0924 e. The van der Waals surface area contributed by atoms with Crippen LogP contribution in [-0.2, 0) is 0 Å². The second-order valence-electron chi connectivity index (χ2n) is 5.02. The van der Waals surface area contributed by atoms with Crippen LogP contribution in [0, 0.1) is 0 Å². The highest BCUT2D eigenvalue weighted by Gasteiger charge is 2.20. The molecule has 1 fully saturated rings. The predicted octanol–water partition coefficient (Wildman–Crippen LogP) is 2.28. The summed E-state index contributed by atoms with van der Waals surface area (Å²) in [6.45, 7) is 2.35. The van der Waals surface area contributed by atoms with Crippen molar-refractivity contribution < 1.29 is 0 Å². The Balaban J connectivity index is 1.78. The molecule has 0 aromatic carbocycles. The van der Waals surface area contributed by atoms with Crippen molar-refractivity contribution in [3.63, 3.8) is 0 Å². The Kier molecular flexibility index (Phi) is 3.11. The number of aromatic nitrogens is 3. The number of pyridine rings is 1. The monoisotopic (exact) mass is 242 g/mol. The van der Waals surface area contributed by atoms with Crippen LogP contribution in [0.3, 0.4) is 0 Å². The average molecular weight is 242 g/mol. The largest absolute Gasteiger partial charge is 0.306 e. The van der Waals surface area contributed by atoms with Gasteiger partial charge in [0.1, 0.15) is 0 Å². The number of hydrogen-bond donors (Lipinski definition) is 1. The SMILES string of the molecule is CN1CCC(c2cc(-c3ccncc3)n[nH]2)CC1. The summed E-state index contributed by atoms with van der Waals surface area (Å²) in [7, 11) is 2.19. The minimum absolute atomic E-state index is 0.629. The molecule has 0 spiro atoms. The topological polar surface area (TPSA) is 44.8 Å². The number of nitrogens with zero attached hydrogens (tertiary/aromatic N) is 3. The van der Waals surface area contributed by atoms with Crippen LogP contribution in [0.5, 0.6) is 0 Å². The molecule has 3 rings (SSSR count). The van der Waals surface area contributed by atoms with Gasteiger partial charge < -0.3 is 4.90 Å². The van der Waals surface area contributed by atoms with Crippen LogP contribution in [0.2, 0.25) is 0 Å². The molecule has 2 aromatic heterocycles. The number of H-pyrrole nitrogens is 1. The van der Waals surface area contributed by atoms with E-state index >= 15 is 0 Å². The van der Waals surface area contributed by atoms with Gasteiger partial charge in [-0.25, -0.2) is 0 Å². The molecule has 0 radical (unpaired) electrons. The fourth-order valence-electron chi connectivity index (χ4n) is 2.54. The van der Waals surface area contributed by atoms with E-state index in [2.05, 4.69) is 33.2 Å². The minimum atomic E-state index is 0.629. The van der Waals surface area contributed by atoms with Gasteiger partial charge in [0.05, 0.1) is 5.69 Å². The van der Waals surface area contributed by atoms with Gasteiger partial charge in [0.15, 0.2) is 0 Å². The van der Waals surface area contributed by atoms with Gasteiger partial charge in [-0.15, -0.1) is 0 Å². The maximum absolute atomic E-state index is 4.41. The van der Waals surface area contributed by atoms with Gasteiger partial charge in [0, 0.05) is 29.6 Å². The third-order valence-electron chi connectivity index (χ3n) is 3.73. The quantitative estimate of drug-likeness (QED) is 0.878. The van der Waals surface area contributed by atoms with Gasteiger partial charge in [-0.05, 0) is 51.2 Å². The summed E-state index contributed by atoms with van der Waals surface area (Å²) in [4.78, 5) is 6.42. The van der Waals surface area contributed by atoms with E-state index < -0.39 is 0 Å². The van der Waals surface area contributed by atoms with Crippen molar-refractivity contribution in [2.45, 2.75) is 18.8 Å². The van der Waals surface area contributed by atoms with Gasteiger partial charge in [-0.1, -0.05) is 0 Å². The molecule has 0 unspecified atom stereocenters. The number of nitrogens with one attached hydrogen (secondary N) is 1. The molecule has 1 N–H and O–H groups in total. The number of piperidine rings is 1. The van der Waals surface area contributed by atoms with Crippen molar-refractivity contribution in [2.24, 2.45) is 0 Å². The number of likely N-dealkylation sites (tertiary alicyclic amines) is 1. The summed E-state index contributed by atoms with van der Waals surface area (Å²) < 4.78 is 0. The lowest BCUT2D eigenvalue weighted by Gasteiger charge is -2.27. The van der Waals surface area contributed by atoms with Crippen LogP contribution in [0.15, 0.2) is 30.6 Å². The van der Waals surface area contributed by atoms with E-state index in [9.17, 15) is 0 Å². The first-order chi connectivity index (χ1) is 8.83. The maximum atomic E-state index is 4.41. The van der Waals surface area contributed by atoms with E-state index in [0.717, 1.165) is 11.3 Å². The Hall–Kier alpha value is -1.68. The lowest BCUT2D eigenvalue weighted by atomic mass is 9.93. The molecule has 2 aromatic rings. The Labute approximate surface area is 107 Å². The van der Waals surface area contributed by atoms with E-state index in [-0.39, 0.29) is 0 Å². The second-order valence-corrected chi connectivity index (χ2v) is 5.02. The van der Waals surface area contributed by atoms with E-state index in [1.165, 1.54) is 31.6 Å². The van der Waals surface area contributed by atoms with E-state index in [1.54, 1.807) is 12.4 Å². The van der Waals surface area contributed by atoms with Crippen molar-refractivity contribution in [3.8, 4) is 11.3 Å². The predicted molar refractivity (Wildman–Crippen MR) is 71.3 cm³/mol. The summed E-state index contributed by atoms with van der Waals surface area (Å²) in [5.41, 5.74) is 3.42. The number of aromatic amines is 1. The van der Waals surface area contributed by atoms with Gasteiger partial charge in [0.2, 0.25) is 0 Å². The van der Waals surface area contributed by atoms with Crippen LogP contribution in [0.25, 0.3) is 11.3 Å². The standard InChI is InChI=1S/C14H18N4/c1-18-8-4-12(5-9-18)14-10-13(16-17-14)11-2-6-15-7-3-11/h2-3,6-7,10,12H,4-5,8-9H2,1H3,(H,16,17). The smallest absolute Gasteiger partial charge is 0.0924 e. The van der Waals surface area contributed by atoms with Crippen molar-refractivity contribution in [1.29, 1.82) is 0 Å². The number of hydrogen-bond acceptors (Lipinski definition) is 3. The van der Waals surface area contributed by atoms with E-state index in [0.29, 0.717) is 5.92 Å². The summed E-state index contributed by atoms with van der Waals surface area (Å²) in [5, 5.41) is 7.61. The van der Waals surface area contributed by atoms with E-state index in [1.807, 2.05) is 12.1 Å². The zero-order valence-corrected chi connectivity index (χ0v) is 10.6. The molecule has 18 heavy (non-hydrogen) atoms. The molecule has 3 heterocycles. The van der Waals surface area contributed by atoms with Crippen LogP contribution in [-0.4, -0.2) is 40.2 Å². The molecule has 0 bridgehead atoms. The van der Waals surface area contributed by atoms with Gasteiger partial charge >= 0.3 is 0 Å². The van der Waals surface area contributed by atoms with Crippen LogP contribution >= 0.6 is 0 Å². The summed E-state index contributed by atoms with van der Waals surface area (Å²) in [5.74, 6) is 0.629. The fraction of sp³-hybridized carbons (Fsp3) is 0.429. The molecule has 0 saturated carbocycles. The van der Waals surface area contributed by atoms with Crippen molar-refractivity contribution in [1.82, 2.24) is 20.1 Å². The Bertz CT molecular complexity index is 498. The molecular weight excluding hydrogens is 224 g/mol. The molecule has 0 atom stereocenters. The lowest BCUT2D eigenvalue weighted by molar-refractivity contribution is 0.253. The summed E-state index contributed by atoms with van der Waals surface area (Å²) in [6, 6.07) is 6.18. The van der Waals surface area contributed by atoms with Gasteiger partial charge in [0.25, 0.3) is 0 Å². The first-order valence-corrected chi connectivity index (χ1v) is 6.47. The molecule has 4 nitrogen and oxygen atoms in total. The number of rotatable bonds is 2. The van der Waals surface area contributed by atoms with Crippen LogP contribution < -0.4 is 0 Å². The Morgan fingerprint density at radius 3 is 2.67 bits per heavy atom. The van der Waals surface area contributed by atoms with Crippen LogP contribution in [0.4, 0.5) is 0 Å². The summed E-state index contributed by atoms with van der Waals surface area (Å²) >= 11 is 0. The highest BCUT2D eigenvalue weighted by atomic mass is 15.1. The third-order valence-corrected chi connectivity index (χ3v) is 3.73. The van der Waals surface area contributed by atoms with E-state index in [4.69, 9.17) is 0 Å². The highest BCUT2D eigenvalue weighted by molar-refractivity contribution is 5.58. The molecule has 1 saturated heterocycles.